The molecule has 2 aromatic rings. The summed E-state index contributed by atoms with van der Waals surface area (Å²) in [4.78, 5) is 0. The van der Waals surface area contributed by atoms with Gasteiger partial charge in [-0.1, -0.05) is 17.7 Å². The Kier molecular flexibility index (Phi) is 4.18. The van der Waals surface area contributed by atoms with Gasteiger partial charge in [0.1, 0.15) is 11.5 Å². The first kappa shape index (κ1) is 14.3. The van der Waals surface area contributed by atoms with E-state index in [9.17, 15) is 5.11 Å². The zero-order valence-electron chi connectivity index (χ0n) is 12.4. The summed E-state index contributed by atoms with van der Waals surface area (Å²) < 4.78 is 5.10. The molecule has 0 radical (unpaired) electrons. The quantitative estimate of drug-likeness (QED) is 0.876. The van der Waals surface area contributed by atoms with Crippen molar-refractivity contribution in [2.24, 2.45) is 0 Å². The average Bonchev–Trinajstić information content (AvgIpc) is 2.41. The number of hydrogen-bond acceptors (Lipinski definition) is 3. The predicted molar refractivity (Wildman–Crippen MR) is 82.6 cm³/mol. The summed E-state index contributed by atoms with van der Waals surface area (Å²) in [6.45, 7) is 6.19. The van der Waals surface area contributed by atoms with Gasteiger partial charge in [0.15, 0.2) is 0 Å². The molecule has 0 bridgehead atoms. The lowest BCUT2D eigenvalue weighted by Crippen LogP contribution is -2.08. The van der Waals surface area contributed by atoms with Crippen molar-refractivity contribution < 1.29 is 9.84 Å². The van der Waals surface area contributed by atoms with Crippen molar-refractivity contribution in [1.29, 1.82) is 0 Å². The Morgan fingerprint density at radius 3 is 2.45 bits per heavy atom. The first-order valence-electron chi connectivity index (χ1n) is 6.72. The van der Waals surface area contributed by atoms with Gasteiger partial charge in [-0.3, -0.25) is 0 Å². The van der Waals surface area contributed by atoms with Gasteiger partial charge in [0.2, 0.25) is 0 Å². The van der Waals surface area contributed by atoms with Crippen LogP contribution < -0.4 is 10.1 Å². The summed E-state index contributed by atoms with van der Waals surface area (Å²) in [6, 6.07) is 11.7. The molecule has 0 amide bonds. The zero-order chi connectivity index (χ0) is 14.7. The number of hydrogen-bond donors (Lipinski definition) is 2. The summed E-state index contributed by atoms with van der Waals surface area (Å²) in [5, 5.41) is 13.5. The number of phenols is 1. The second kappa shape index (κ2) is 5.87. The van der Waals surface area contributed by atoms with Gasteiger partial charge in [0, 0.05) is 17.3 Å². The Hall–Kier alpha value is -2.16. The molecule has 20 heavy (non-hydrogen) atoms. The first-order chi connectivity index (χ1) is 9.51. The van der Waals surface area contributed by atoms with E-state index in [1.165, 1.54) is 11.1 Å². The van der Waals surface area contributed by atoms with Crippen molar-refractivity contribution in [1.82, 2.24) is 0 Å². The van der Waals surface area contributed by atoms with Gasteiger partial charge >= 0.3 is 0 Å². The van der Waals surface area contributed by atoms with Crippen LogP contribution >= 0.6 is 0 Å². The molecule has 1 atom stereocenters. The summed E-state index contributed by atoms with van der Waals surface area (Å²) in [6.07, 6.45) is 0. The Bertz CT molecular complexity index is 608. The number of ether oxygens (including phenoxy) is 1. The maximum atomic E-state index is 10.1. The molecule has 3 nitrogen and oxygen atoms in total. The molecule has 3 heteroatoms. The van der Waals surface area contributed by atoms with Crippen LogP contribution in [0.15, 0.2) is 36.4 Å². The van der Waals surface area contributed by atoms with E-state index < -0.39 is 0 Å². The van der Waals surface area contributed by atoms with Crippen LogP contribution in [0.3, 0.4) is 0 Å². The lowest BCUT2D eigenvalue weighted by atomic mass is 10.0. The van der Waals surface area contributed by atoms with Crippen LogP contribution in [0.4, 0.5) is 5.69 Å². The molecule has 0 heterocycles. The van der Waals surface area contributed by atoms with Crippen LogP contribution in [0, 0.1) is 13.8 Å². The molecule has 2 N–H and O–H groups in total. The second-order valence-electron chi connectivity index (χ2n) is 5.11. The Balaban J connectivity index is 2.21. The van der Waals surface area contributed by atoms with E-state index in [0.717, 1.165) is 11.3 Å². The van der Waals surface area contributed by atoms with E-state index in [1.807, 2.05) is 19.1 Å². The minimum absolute atomic E-state index is 0.0160. The lowest BCUT2D eigenvalue weighted by Gasteiger charge is -2.19. The van der Waals surface area contributed by atoms with E-state index in [-0.39, 0.29) is 11.8 Å². The van der Waals surface area contributed by atoms with Crippen LogP contribution in [-0.2, 0) is 0 Å². The zero-order valence-corrected chi connectivity index (χ0v) is 12.4. The summed E-state index contributed by atoms with van der Waals surface area (Å²) >= 11 is 0. The molecule has 0 saturated carbocycles. The Labute approximate surface area is 120 Å². The normalized spacial score (nSPS) is 12.0. The van der Waals surface area contributed by atoms with Gasteiger partial charge in [-0.05, 0) is 44.5 Å². The number of aryl methyl sites for hydroxylation is 2. The number of phenolic OH excluding ortho intramolecular Hbond substituents is 1. The van der Waals surface area contributed by atoms with Gasteiger partial charge in [0.25, 0.3) is 0 Å². The van der Waals surface area contributed by atoms with Crippen molar-refractivity contribution in [3.63, 3.8) is 0 Å². The van der Waals surface area contributed by atoms with E-state index in [1.54, 1.807) is 13.2 Å². The highest BCUT2D eigenvalue weighted by molar-refractivity contribution is 5.54. The molecule has 0 aliphatic heterocycles. The molecule has 1 unspecified atom stereocenters. The molecule has 106 valence electrons. The largest absolute Gasteiger partial charge is 0.507 e. The molecule has 0 aliphatic carbocycles. The number of methoxy groups -OCH3 is 1. The lowest BCUT2D eigenvalue weighted by molar-refractivity contribution is 0.406. The van der Waals surface area contributed by atoms with Crippen LogP contribution in [0.25, 0.3) is 0 Å². The number of nitrogens with one attached hydrogen (secondary N) is 1. The first-order valence-corrected chi connectivity index (χ1v) is 6.72. The number of benzene rings is 2. The fourth-order valence-corrected chi connectivity index (χ4v) is 2.30. The standard InChI is InChI=1S/C17H21NO2/c1-11-5-8-16(12(2)9-11)18-13(3)15-7-6-14(20-4)10-17(15)19/h5-10,13,18-19H,1-4H3. The van der Waals surface area contributed by atoms with Crippen LogP contribution in [-0.4, -0.2) is 12.2 Å². The molecule has 0 aromatic heterocycles. The monoisotopic (exact) mass is 271 g/mol. The molecule has 2 rings (SSSR count). The fourth-order valence-electron chi connectivity index (χ4n) is 2.30. The van der Waals surface area contributed by atoms with Crippen LogP contribution in [0.2, 0.25) is 0 Å². The summed E-state index contributed by atoms with van der Waals surface area (Å²) in [5.74, 6) is 0.902. The predicted octanol–water partition coefficient (Wildman–Crippen LogP) is 4.19. The van der Waals surface area contributed by atoms with Crippen molar-refractivity contribution in [2.75, 3.05) is 12.4 Å². The Morgan fingerprint density at radius 2 is 1.85 bits per heavy atom. The van der Waals surface area contributed by atoms with Crippen molar-refractivity contribution >= 4 is 5.69 Å². The highest BCUT2D eigenvalue weighted by atomic mass is 16.5. The van der Waals surface area contributed by atoms with E-state index in [4.69, 9.17) is 4.74 Å². The minimum atomic E-state index is 0.0160. The second-order valence-corrected chi connectivity index (χ2v) is 5.11. The molecule has 0 spiro atoms. The number of rotatable bonds is 4. The molecule has 0 saturated heterocycles. The molecule has 2 aromatic carbocycles. The third-order valence-electron chi connectivity index (χ3n) is 3.46. The highest BCUT2D eigenvalue weighted by Gasteiger charge is 2.12. The maximum Gasteiger partial charge on any atom is 0.124 e. The van der Waals surface area contributed by atoms with Crippen molar-refractivity contribution in [3.8, 4) is 11.5 Å². The van der Waals surface area contributed by atoms with Crippen molar-refractivity contribution in [3.05, 3.63) is 53.1 Å². The van der Waals surface area contributed by atoms with Gasteiger partial charge in [-0.25, -0.2) is 0 Å². The third-order valence-corrected chi connectivity index (χ3v) is 3.46. The number of aromatic hydroxyl groups is 1. The highest BCUT2D eigenvalue weighted by Crippen LogP contribution is 2.31. The van der Waals surface area contributed by atoms with Gasteiger partial charge < -0.3 is 15.2 Å². The molecular formula is C17H21NO2. The fraction of sp³-hybridized carbons (Fsp3) is 0.294. The SMILES string of the molecule is COc1ccc(C(C)Nc2ccc(C)cc2C)c(O)c1. The van der Waals surface area contributed by atoms with E-state index >= 15 is 0 Å². The molecule has 0 fully saturated rings. The summed E-state index contributed by atoms with van der Waals surface area (Å²) in [5.41, 5.74) is 4.38. The van der Waals surface area contributed by atoms with Crippen molar-refractivity contribution in [2.45, 2.75) is 26.8 Å². The van der Waals surface area contributed by atoms with E-state index in [0.29, 0.717) is 5.75 Å². The molecule has 0 aliphatic rings. The van der Waals surface area contributed by atoms with Crippen LogP contribution in [0.1, 0.15) is 29.7 Å². The minimum Gasteiger partial charge on any atom is -0.507 e. The average molecular weight is 271 g/mol. The number of anilines is 1. The summed E-state index contributed by atoms with van der Waals surface area (Å²) in [7, 11) is 1.59. The van der Waals surface area contributed by atoms with E-state index in [2.05, 4.69) is 37.4 Å². The third kappa shape index (κ3) is 3.05. The van der Waals surface area contributed by atoms with Gasteiger partial charge in [-0.2, -0.15) is 0 Å². The van der Waals surface area contributed by atoms with Gasteiger partial charge in [-0.15, -0.1) is 0 Å². The topological polar surface area (TPSA) is 41.5 Å². The van der Waals surface area contributed by atoms with Crippen LogP contribution in [0.5, 0.6) is 11.5 Å². The smallest absolute Gasteiger partial charge is 0.124 e. The van der Waals surface area contributed by atoms with Gasteiger partial charge in [0.05, 0.1) is 13.2 Å². The Morgan fingerprint density at radius 1 is 1.10 bits per heavy atom. The maximum absolute atomic E-state index is 10.1. The molecular weight excluding hydrogens is 250 g/mol.